The van der Waals surface area contributed by atoms with Gasteiger partial charge in [-0.05, 0) is 38.1 Å². The lowest BCUT2D eigenvalue weighted by molar-refractivity contribution is -0.118. The van der Waals surface area contributed by atoms with Gasteiger partial charge in [0.2, 0.25) is 5.89 Å². The first kappa shape index (κ1) is 19.2. The Bertz CT molecular complexity index is 983. The van der Waals surface area contributed by atoms with E-state index >= 15 is 0 Å². The van der Waals surface area contributed by atoms with Crippen LogP contribution >= 0.6 is 0 Å². The number of benzene rings is 1. The van der Waals surface area contributed by atoms with Gasteiger partial charge in [-0.1, -0.05) is 0 Å². The van der Waals surface area contributed by atoms with Crippen LogP contribution in [0.5, 0.6) is 11.5 Å². The first-order chi connectivity index (χ1) is 13.4. The summed E-state index contributed by atoms with van der Waals surface area (Å²) in [6.45, 7) is 3.32. The van der Waals surface area contributed by atoms with E-state index in [2.05, 4.69) is 15.3 Å². The fraction of sp³-hybridized carbons (Fsp3) is 0.263. The molecule has 0 aliphatic carbocycles. The molecule has 0 saturated carbocycles. The minimum Gasteiger partial charge on any atom is -0.490 e. The van der Waals surface area contributed by atoms with Gasteiger partial charge in [0.15, 0.2) is 11.4 Å². The van der Waals surface area contributed by atoms with Crippen LogP contribution < -0.4 is 14.8 Å². The number of rotatable bonds is 8. The Kier molecular flexibility index (Phi) is 5.73. The number of aromatic nitrogens is 2. The van der Waals surface area contributed by atoms with Gasteiger partial charge < -0.3 is 24.3 Å². The van der Waals surface area contributed by atoms with Crippen LogP contribution in [0.1, 0.15) is 13.8 Å². The van der Waals surface area contributed by atoms with Crippen molar-refractivity contribution in [2.45, 2.75) is 19.9 Å². The number of amides is 1. The summed E-state index contributed by atoms with van der Waals surface area (Å²) in [7, 11) is 0. The molecular formula is C19H19N3O6. The van der Waals surface area contributed by atoms with Gasteiger partial charge in [0.25, 0.3) is 0 Å². The van der Waals surface area contributed by atoms with Crippen molar-refractivity contribution in [3.8, 4) is 23.1 Å². The van der Waals surface area contributed by atoms with E-state index in [-0.39, 0.29) is 25.0 Å². The van der Waals surface area contributed by atoms with Gasteiger partial charge >= 0.3 is 6.09 Å². The lowest BCUT2D eigenvalue weighted by Gasteiger charge is -2.12. The van der Waals surface area contributed by atoms with Crippen LogP contribution in [-0.2, 0) is 4.79 Å². The molecule has 2 N–H and O–H groups in total. The Balaban J connectivity index is 1.68. The van der Waals surface area contributed by atoms with Crippen LogP contribution in [0.15, 0.2) is 40.9 Å². The highest BCUT2D eigenvalue weighted by molar-refractivity contribution is 5.78. The summed E-state index contributed by atoms with van der Waals surface area (Å²) < 4.78 is 16.6. The monoisotopic (exact) mass is 385 g/mol. The van der Waals surface area contributed by atoms with Crippen molar-refractivity contribution >= 4 is 23.0 Å². The second-order valence-electron chi connectivity index (χ2n) is 6.18. The Labute approximate surface area is 160 Å². The molecule has 3 rings (SSSR count). The molecular weight excluding hydrogens is 366 g/mol. The molecule has 0 aliphatic heterocycles. The Hall–Kier alpha value is -3.62. The van der Waals surface area contributed by atoms with Crippen molar-refractivity contribution in [1.29, 1.82) is 0 Å². The van der Waals surface area contributed by atoms with Gasteiger partial charge in [0.1, 0.15) is 35.9 Å². The van der Waals surface area contributed by atoms with E-state index in [9.17, 15) is 9.59 Å². The van der Waals surface area contributed by atoms with Crippen LogP contribution in [0.4, 0.5) is 4.79 Å². The molecule has 28 heavy (non-hydrogen) atoms. The van der Waals surface area contributed by atoms with E-state index in [1.54, 1.807) is 37.3 Å². The number of ether oxygens (including phenoxy) is 2. The molecule has 0 radical (unpaired) electrons. The summed E-state index contributed by atoms with van der Waals surface area (Å²) in [5.74, 6) is 1.29. The van der Waals surface area contributed by atoms with E-state index in [0.29, 0.717) is 34.2 Å². The van der Waals surface area contributed by atoms with Crippen LogP contribution in [0.3, 0.4) is 0 Å². The number of hydrogen-bond acceptors (Lipinski definition) is 7. The number of nitrogens with zero attached hydrogens (tertiary/aromatic N) is 2. The summed E-state index contributed by atoms with van der Waals surface area (Å²) in [4.78, 5) is 30.2. The van der Waals surface area contributed by atoms with Crippen LogP contribution in [0, 0.1) is 0 Å². The molecule has 1 atom stereocenters. The molecule has 0 aliphatic rings. The minimum absolute atomic E-state index is 0.00385. The number of oxazole rings is 1. The number of carbonyl (C=O) groups excluding carboxylic acids is 1. The zero-order chi connectivity index (χ0) is 20.1. The minimum atomic E-state index is -1.10. The maximum atomic E-state index is 11.0. The van der Waals surface area contributed by atoms with Crippen molar-refractivity contribution in [2.24, 2.45) is 0 Å². The van der Waals surface area contributed by atoms with Crippen LogP contribution in [0.2, 0.25) is 0 Å². The molecule has 0 bridgehead atoms. The van der Waals surface area contributed by atoms with Gasteiger partial charge in [0.05, 0.1) is 12.2 Å². The normalized spacial score (nSPS) is 11.8. The molecule has 0 spiro atoms. The number of nitrogens with one attached hydrogen (secondary N) is 1. The maximum Gasteiger partial charge on any atom is 0.404 e. The molecule has 9 nitrogen and oxygen atoms in total. The largest absolute Gasteiger partial charge is 0.490 e. The highest BCUT2D eigenvalue weighted by Gasteiger charge is 2.12. The standard InChI is InChI=1S/C19H19N3O6/c1-11(21-19(24)25)9-26-14-4-6-16(20-8-14)18-22-15-5-3-13(7-17(15)28-18)27-10-12(2)23/h3-8,11,21H,9-10H2,1-2H3,(H,24,25)/t11-/m0/s1. The summed E-state index contributed by atoms with van der Waals surface area (Å²) in [6, 6.07) is 8.17. The lowest BCUT2D eigenvalue weighted by Crippen LogP contribution is -2.35. The van der Waals surface area contributed by atoms with Gasteiger partial charge in [-0.3, -0.25) is 4.79 Å². The third-order valence-electron chi connectivity index (χ3n) is 3.63. The molecule has 3 aromatic rings. The molecule has 0 unspecified atom stereocenters. The molecule has 0 saturated heterocycles. The van der Waals surface area contributed by atoms with Gasteiger partial charge in [-0.15, -0.1) is 0 Å². The molecule has 2 aromatic heterocycles. The average molecular weight is 385 g/mol. The molecule has 1 aromatic carbocycles. The first-order valence-corrected chi connectivity index (χ1v) is 8.52. The predicted molar refractivity (Wildman–Crippen MR) is 99.5 cm³/mol. The summed E-state index contributed by atoms with van der Waals surface area (Å²) in [5.41, 5.74) is 1.68. The van der Waals surface area contributed by atoms with Crippen LogP contribution in [0.25, 0.3) is 22.7 Å². The summed E-state index contributed by atoms with van der Waals surface area (Å²) >= 11 is 0. The zero-order valence-corrected chi connectivity index (χ0v) is 15.3. The van der Waals surface area contributed by atoms with E-state index in [0.717, 1.165) is 0 Å². The van der Waals surface area contributed by atoms with E-state index in [1.165, 1.54) is 13.1 Å². The number of carbonyl (C=O) groups is 2. The second-order valence-corrected chi connectivity index (χ2v) is 6.18. The van der Waals surface area contributed by atoms with Crippen LogP contribution in [-0.4, -0.2) is 46.2 Å². The Morgan fingerprint density at radius 2 is 2.00 bits per heavy atom. The van der Waals surface area contributed by atoms with Crippen molar-refractivity contribution in [3.63, 3.8) is 0 Å². The first-order valence-electron chi connectivity index (χ1n) is 8.52. The Morgan fingerprint density at radius 3 is 2.68 bits per heavy atom. The quantitative estimate of drug-likeness (QED) is 0.607. The maximum absolute atomic E-state index is 11.0. The summed E-state index contributed by atoms with van der Waals surface area (Å²) in [6.07, 6.45) is 0.411. The van der Waals surface area contributed by atoms with Crippen molar-refractivity contribution in [2.75, 3.05) is 13.2 Å². The van der Waals surface area contributed by atoms with E-state index < -0.39 is 6.09 Å². The number of pyridine rings is 1. The fourth-order valence-electron chi connectivity index (χ4n) is 2.36. The Morgan fingerprint density at radius 1 is 1.21 bits per heavy atom. The van der Waals surface area contributed by atoms with E-state index in [4.69, 9.17) is 19.0 Å². The number of Topliss-reactive ketones (excluding diaryl/α,β-unsaturated/α-hetero) is 1. The molecule has 1 amide bonds. The smallest absolute Gasteiger partial charge is 0.404 e. The van der Waals surface area contributed by atoms with Crippen molar-refractivity contribution in [1.82, 2.24) is 15.3 Å². The third-order valence-corrected chi connectivity index (χ3v) is 3.63. The zero-order valence-electron chi connectivity index (χ0n) is 15.3. The number of fused-ring (bicyclic) bond motifs is 1. The molecule has 2 heterocycles. The van der Waals surface area contributed by atoms with E-state index in [1.807, 2.05) is 0 Å². The van der Waals surface area contributed by atoms with Crippen molar-refractivity contribution < 1.29 is 28.6 Å². The highest BCUT2D eigenvalue weighted by Crippen LogP contribution is 2.27. The predicted octanol–water partition coefficient (Wildman–Crippen LogP) is 2.89. The highest BCUT2D eigenvalue weighted by atomic mass is 16.5. The van der Waals surface area contributed by atoms with Crippen molar-refractivity contribution in [3.05, 3.63) is 36.5 Å². The topological polar surface area (TPSA) is 124 Å². The third kappa shape index (κ3) is 4.97. The molecule has 0 fully saturated rings. The number of ketones is 1. The lowest BCUT2D eigenvalue weighted by atomic mass is 10.3. The van der Waals surface area contributed by atoms with Gasteiger partial charge in [0, 0.05) is 6.07 Å². The second kappa shape index (κ2) is 8.38. The molecule has 9 heteroatoms. The number of carboxylic acid groups (broad SMARTS) is 1. The summed E-state index contributed by atoms with van der Waals surface area (Å²) in [5, 5.41) is 11.0. The number of hydrogen-bond donors (Lipinski definition) is 2. The SMILES string of the molecule is CC(=O)COc1ccc2nc(-c3ccc(OC[C@H](C)NC(=O)O)cn3)oc2c1. The fourth-order valence-corrected chi connectivity index (χ4v) is 2.36. The van der Waals surface area contributed by atoms with Gasteiger partial charge in [-0.25, -0.2) is 14.8 Å². The average Bonchev–Trinajstić information content (AvgIpc) is 3.08. The van der Waals surface area contributed by atoms with Gasteiger partial charge in [-0.2, -0.15) is 0 Å². The molecule has 146 valence electrons.